The molecule has 2 aromatic rings. The minimum atomic E-state index is -4.59. The second kappa shape index (κ2) is 9.51. The number of pyridine rings is 1. The number of methoxy groups -OCH3 is 1. The molecule has 7 nitrogen and oxygen atoms in total. The van der Waals surface area contributed by atoms with E-state index in [1.165, 1.54) is 19.2 Å². The SMILES string of the molecule is COC1=C(C(NC(=O)Nc2cc(C(F)(F)F)ccn2)c2ccc(C#N)cc2)C(=O)CCC1. The quantitative estimate of drug-likeness (QED) is 0.707. The molecule has 0 spiro atoms. The average molecular weight is 444 g/mol. The zero-order valence-corrected chi connectivity index (χ0v) is 17.0. The Hall–Kier alpha value is -3.87. The number of ketones is 1. The van der Waals surface area contributed by atoms with Gasteiger partial charge in [-0.2, -0.15) is 18.4 Å². The lowest BCUT2D eigenvalue weighted by Crippen LogP contribution is -2.36. The summed E-state index contributed by atoms with van der Waals surface area (Å²) in [6, 6.07) is 7.96. The maximum Gasteiger partial charge on any atom is 0.416 e. The number of allylic oxidation sites excluding steroid dienone is 1. The Labute approximate surface area is 181 Å². The summed E-state index contributed by atoms with van der Waals surface area (Å²) in [7, 11) is 1.43. The van der Waals surface area contributed by atoms with Gasteiger partial charge >= 0.3 is 12.2 Å². The van der Waals surface area contributed by atoms with Gasteiger partial charge in [0.1, 0.15) is 11.6 Å². The van der Waals surface area contributed by atoms with Crippen LogP contribution in [0.25, 0.3) is 0 Å². The van der Waals surface area contributed by atoms with E-state index in [0.717, 1.165) is 12.3 Å². The number of hydrogen-bond acceptors (Lipinski definition) is 5. The number of rotatable bonds is 5. The number of nitriles is 1. The number of ether oxygens (including phenoxy) is 1. The third kappa shape index (κ3) is 5.24. The Morgan fingerprint density at radius 3 is 2.56 bits per heavy atom. The van der Waals surface area contributed by atoms with Gasteiger partial charge in [-0.3, -0.25) is 10.1 Å². The lowest BCUT2D eigenvalue weighted by molar-refractivity contribution is -0.137. The summed E-state index contributed by atoms with van der Waals surface area (Å²) in [5.74, 6) is -0.0834. The first-order chi connectivity index (χ1) is 15.2. The lowest BCUT2D eigenvalue weighted by atomic mass is 9.87. The minimum Gasteiger partial charge on any atom is -0.501 e. The fraction of sp³-hybridized carbons (Fsp3) is 0.273. The van der Waals surface area contributed by atoms with E-state index in [0.29, 0.717) is 35.8 Å². The molecular formula is C22H19F3N4O3. The van der Waals surface area contributed by atoms with Crippen molar-refractivity contribution in [2.75, 3.05) is 12.4 Å². The molecule has 3 rings (SSSR count). The maximum absolute atomic E-state index is 12.9. The highest BCUT2D eigenvalue weighted by Gasteiger charge is 2.32. The van der Waals surface area contributed by atoms with Crippen molar-refractivity contribution in [3.05, 3.63) is 70.6 Å². The van der Waals surface area contributed by atoms with Crippen LogP contribution in [0.3, 0.4) is 0 Å². The molecule has 0 saturated carbocycles. The van der Waals surface area contributed by atoms with Crippen molar-refractivity contribution in [2.45, 2.75) is 31.5 Å². The molecule has 10 heteroatoms. The van der Waals surface area contributed by atoms with E-state index in [1.807, 2.05) is 6.07 Å². The summed E-state index contributed by atoms with van der Waals surface area (Å²) in [6.45, 7) is 0. The first kappa shape index (κ1) is 22.8. The van der Waals surface area contributed by atoms with Crippen molar-refractivity contribution in [2.24, 2.45) is 0 Å². The normalized spacial score (nSPS) is 15.0. The number of alkyl halides is 3. The van der Waals surface area contributed by atoms with Crippen LogP contribution in [-0.2, 0) is 15.7 Å². The van der Waals surface area contributed by atoms with Gasteiger partial charge in [0, 0.05) is 19.0 Å². The predicted molar refractivity (Wildman–Crippen MR) is 108 cm³/mol. The maximum atomic E-state index is 12.9. The summed E-state index contributed by atoms with van der Waals surface area (Å²) in [4.78, 5) is 29.1. The number of aromatic nitrogens is 1. The molecule has 0 bridgehead atoms. The third-order valence-electron chi connectivity index (χ3n) is 4.92. The molecule has 0 aliphatic heterocycles. The fourth-order valence-corrected chi connectivity index (χ4v) is 3.40. The first-order valence-corrected chi connectivity index (χ1v) is 9.64. The summed E-state index contributed by atoms with van der Waals surface area (Å²) >= 11 is 0. The van der Waals surface area contributed by atoms with E-state index in [1.54, 1.807) is 12.1 Å². The molecule has 0 radical (unpaired) electrons. The van der Waals surface area contributed by atoms with Gasteiger partial charge in [0.05, 0.1) is 35.9 Å². The van der Waals surface area contributed by atoms with E-state index in [9.17, 15) is 22.8 Å². The van der Waals surface area contributed by atoms with E-state index in [2.05, 4.69) is 15.6 Å². The molecule has 1 aliphatic rings. The average Bonchev–Trinajstić information content (AvgIpc) is 2.77. The molecule has 32 heavy (non-hydrogen) atoms. The van der Waals surface area contributed by atoms with Gasteiger partial charge in [0.2, 0.25) is 0 Å². The summed E-state index contributed by atoms with van der Waals surface area (Å²) in [5.41, 5.74) is 0.200. The monoisotopic (exact) mass is 444 g/mol. The number of amides is 2. The molecule has 1 heterocycles. The molecule has 1 aromatic carbocycles. The van der Waals surface area contributed by atoms with Gasteiger partial charge in [-0.15, -0.1) is 0 Å². The Kier molecular flexibility index (Phi) is 6.78. The highest BCUT2D eigenvalue weighted by molar-refractivity contribution is 5.99. The topological polar surface area (TPSA) is 104 Å². The van der Waals surface area contributed by atoms with Crippen LogP contribution in [0.5, 0.6) is 0 Å². The fourth-order valence-electron chi connectivity index (χ4n) is 3.40. The summed E-state index contributed by atoms with van der Waals surface area (Å²) < 4.78 is 44.2. The van der Waals surface area contributed by atoms with Crippen LogP contribution in [0.1, 0.15) is 42.0 Å². The highest BCUT2D eigenvalue weighted by Crippen LogP contribution is 2.33. The van der Waals surface area contributed by atoms with Crippen LogP contribution >= 0.6 is 0 Å². The Morgan fingerprint density at radius 1 is 1.22 bits per heavy atom. The lowest BCUT2D eigenvalue weighted by Gasteiger charge is -2.27. The second-order valence-electron chi connectivity index (χ2n) is 7.01. The number of urea groups is 1. The minimum absolute atomic E-state index is 0.208. The number of nitrogens with one attached hydrogen (secondary N) is 2. The zero-order valence-electron chi connectivity index (χ0n) is 17.0. The van der Waals surface area contributed by atoms with Crippen molar-refractivity contribution < 1.29 is 27.5 Å². The number of anilines is 1. The number of Topliss-reactive ketones (excluding diaryl/α,β-unsaturated/α-hetero) is 1. The number of carbonyl (C=O) groups is 2. The van der Waals surface area contributed by atoms with E-state index < -0.39 is 23.8 Å². The van der Waals surface area contributed by atoms with Crippen LogP contribution in [0.15, 0.2) is 53.9 Å². The predicted octanol–water partition coefficient (Wildman–Crippen LogP) is 4.49. The van der Waals surface area contributed by atoms with Gasteiger partial charge in [0.15, 0.2) is 5.78 Å². The van der Waals surface area contributed by atoms with E-state index in [4.69, 9.17) is 10.00 Å². The first-order valence-electron chi connectivity index (χ1n) is 9.64. The van der Waals surface area contributed by atoms with Crippen molar-refractivity contribution in [3.63, 3.8) is 0 Å². The zero-order chi connectivity index (χ0) is 23.3. The van der Waals surface area contributed by atoms with Crippen molar-refractivity contribution in [3.8, 4) is 6.07 Å². The molecule has 1 unspecified atom stereocenters. The van der Waals surface area contributed by atoms with Crippen LogP contribution in [0, 0.1) is 11.3 Å². The van der Waals surface area contributed by atoms with Crippen LogP contribution in [0.2, 0.25) is 0 Å². The molecule has 166 valence electrons. The summed E-state index contributed by atoms with van der Waals surface area (Å²) in [5, 5.41) is 13.9. The molecule has 1 aromatic heterocycles. The molecular weight excluding hydrogens is 425 g/mol. The number of benzene rings is 1. The van der Waals surface area contributed by atoms with Gasteiger partial charge in [-0.05, 0) is 36.2 Å². The highest BCUT2D eigenvalue weighted by atomic mass is 19.4. The van der Waals surface area contributed by atoms with Crippen LogP contribution in [0.4, 0.5) is 23.8 Å². The second-order valence-corrected chi connectivity index (χ2v) is 7.01. The molecule has 2 N–H and O–H groups in total. The third-order valence-corrected chi connectivity index (χ3v) is 4.92. The van der Waals surface area contributed by atoms with Gasteiger partial charge < -0.3 is 10.1 Å². The Bertz CT molecular complexity index is 1090. The molecule has 0 fully saturated rings. The molecule has 1 atom stereocenters. The Balaban J connectivity index is 1.92. The van der Waals surface area contributed by atoms with Gasteiger partial charge in [-0.25, -0.2) is 9.78 Å². The standard InChI is InChI=1S/C22H19F3N4O3/c1-32-17-4-2-3-16(30)19(17)20(14-7-5-13(12-26)6-8-14)29-21(31)28-18-11-15(9-10-27-18)22(23,24)25/h5-11,20H,2-4H2,1H3,(H2,27,28,29,31). The number of halogens is 3. The number of hydrogen-bond donors (Lipinski definition) is 2. The van der Waals surface area contributed by atoms with Gasteiger partial charge in [-0.1, -0.05) is 12.1 Å². The largest absolute Gasteiger partial charge is 0.501 e. The number of carbonyl (C=O) groups excluding carboxylic acids is 2. The smallest absolute Gasteiger partial charge is 0.416 e. The molecule has 1 aliphatic carbocycles. The number of nitrogens with zero attached hydrogens (tertiary/aromatic N) is 2. The van der Waals surface area contributed by atoms with Crippen molar-refractivity contribution >= 4 is 17.6 Å². The van der Waals surface area contributed by atoms with Crippen LogP contribution < -0.4 is 10.6 Å². The summed E-state index contributed by atoms with van der Waals surface area (Å²) in [6.07, 6.45) is -2.28. The van der Waals surface area contributed by atoms with Crippen molar-refractivity contribution in [1.82, 2.24) is 10.3 Å². The Morgan fingerprint density at radius 2 is 1.94 bits per heavy atom. The van der Waals surface area contributed by atoms with Crippen molar-refractivity contribution in [1.29, 1.82) is 5.26 Å². The molecule has 0 saturated heterocycles. The van der Waals surface area contributed by atoms with Crippen LogP contribution in [-0.4, -0.2) is 23.9 Å². The van der Waals surface area contributed by atoms with E-state index >= 15 is 0 Å². The van der Waals surface area contributed by atoms with E-state index in [-0.39, 0.29) is 23.6 Å². The molecule has 2 amide bonds. The van der Waals surface area contributed by atoms with Gasteiger partial charge in [0.25, 0.3) is 0 Å².